The summed E-state index contributed by atoms with van der Waals surface area (Å²) in [6, 6.07) is 10.9. The average molecular weight is 338 g/mol. The molecule has 1 aliphatic carbocycles. The van der Waals surface area contributed by atoms with Crippen LogP contribution in [-0.4, -0.2) is 46.0 Å². The second kappa shape index (κ2) is 5.68. The molecule has 0 bridgehead atoms. The number of halogens is 1. The van der Waals surface area contributed by atoms with Crippen molar-refractivity contribution in [3.8, 4) is 0 Å². The lowest BCUT2D eigenvalue weighted by Crippen LogP contribution is -2.47. The van der Waals surface area contributed by atoms with Crippen LogP contribution in [0.5, 0.6) is 0 Å². The Morgan fingerprint density at radius 2 is 1.64 bits per heavy atom. The summed E-state index contributed by atoms with van der Waals surface area (Å²) in [5, 5.41) is 13.3. The van der Waals surface area contributed by atoms with Gasteiger partial charge in [0.2, 0.25) is 0 Å². The summed E-state index contributed by atoms with van der Waals surface area (Å²) >= 11 is 0. The van der Waals surface area contributed by atoms with Gasteiger partial charge >= 0.3 is 0 Å². The van der Waals surface area contributed by atoms with Crippen molar-refractivity contribution >= 4 is 17.2 Å². The number of benzene rings is 1. The molecule has 1 aliphatic heterocycles. The van der Waals surface area contributed by atoms with E-state index in [1.165, 1.54) is 18.9 Å². The van der Waals surface area contributed by atoms with E-state index in [-0.39, 0.29) is 5.82 Å². The Balaban J connectivity index is 1.36. The molecule has 7 heteroatoms. The molecule has 6 nitrogen and oxygen atoms in total. The summed E-state index contributed by atoms with van der Waals surface area (Å²) in [4.78, 5) is 4.34. The summed E-state index contributed by atoms with van der Waals surface area (Å²) in [6.07, 6.45) is 2.35. The van der Waals surface area contributed by atoms with Crippen molar-refractivity contribution in [2.45, 2.75) is 18.8 Å². The molecule has 0 N–H and O–H groups in total. The lowest BCUT2D eigenvalue weighted by molar-refractivity contribution is 0.594. The second-order valence-electron chi connectivity index (χ2n) is 6.72. The van der Waals surface area contributed by atoms with Crippen LogP contribution in [0.15, 0.2) is 36.4 Å². The smallest absolute Gasteiger partial charge is 0.178 e. The van der Waals surface area contributed by atoms with Crippen LogP contribution in [0.1, 0.15) is 24.6 Å². The van der Waals surface area contributed by atoms with Crippen LogP contribution < -0.4 is 9.80 Å². The fourth-order valence-electron chi connectivity index (χ4n) is 3.45. The van der Waals surface area contributed by atoms with E-state index in [1.807, 2.05) is 28.8 Å². The van der Waals surface area contributed by atoms with Gasteiger partial charge in [0.25, 0.3) is 0 Å². The molecule has 1 saturated carbocycles. The number of para-hydroxylation sites is 1. The topological polar surface area (TPSA) is 49.6 Å². The predicted octanol–water partition coefficient (Wildman–Crippen LogP) is 2.47. The molecule has 128 valence electrons. The number of fused-ring (bicyclic) bond motifs is 1. The molecule has 0 spiro atoms. The number of hydrogen-bond donors (Lipinski definition) is 0. The summed E-state index contributed by atoms with van der Waals surface area (Å²) in [7, 11) is 0. The van der Waals surface area contributed by atoms with Gasteiger partial charge in [0.1, 0.15) is 11.6 Å². The average Bonchev–Trinajstić information content (AvgIpc) is 3.41. The maximum absolute atomic E-state index is 14.0. The minimum atomic E-state index is -0.158. The third-order valence-electron chi connectivity index (χ3n) is 5.01. The van der Waals surface area contributed by atoms with Crippen LogP contribution in [0.25, 0.3) is 5.65 Å². The molecule has 1 aromatic carbocycles. The van der Waals surface area contributed by atoms with Gasteiger partial charge in [-0.15, -0.1) is 15.3 Å². The van der Waals surface area contributed by atoms with Gasteiger partial charge in [-0.2, -0.15) is 4.52 Å². The first-order valence-electron chi connectivity index (χ1n) is 8.76. The van der Waals surface area contributed by atoms with Crippen LogP contribution >= 0.6 is 0 Å². The van der Waals surface area contributed by atoms with Gasteiger partial charge in [-0.25, -0.2) is 4.39 Å². The highest BCUT2D eigenvalue weighted by atomic mass is 19.1. The van der Waals surface area contributed by atoms with Gasteiger partial charge < -0.3 is 9.80 Å². The van der Waals surface area contributed by atoms with E-state index in [2.05, 4.69) is 20.0 Å². The molecule has 0 unspecified atom stereocenters. The van der Waals surface area contributed by atoms with Crippen molar-refractivity contribution in [2.75, 3.05) is 36.0 Å². The molecular formula is C18H19FN6. The Kier molecular flexibility index (Phi) is 3.33. The third-order valence-corrected chi connectivity index (χ3v) is 5.01. The summed E-state index contributed by atoms with van der Waals surface area (Å²) < 4.78 is 15.9. The lowest BCUT2D eigenvalue weighted by Gasteiger charge is -2.36. The van der Waals surface area contributed by atoms with Crippen LogP contribution in [-0.2, 0) is 0 Å². The number of rotatable bonds is 3. The van der Waals surface area contributed by atoms with E-state index in [1.54, 1.807) is 6.07 Å². The predicted molar refractivity (Wildman–Crippen MR) is 93.6 cm³/mol. The maximum Gasteiger partial charge on any atom is 0.178 e. The molecule has 2 fully saturated rings. The van der Waals surface area contributed by atoms with Crippen molar-refractivity contribution in [1.29, 1.82) is 0 Å². The zero-order chi connectivity index (χ0) is 16.8. The summed E-state index contributed by atoms with van der Waals surface area (Å²) in [5.41, 5.74) is 1.48. The second-order valence-corrected chi connectivity index (χ2v) is 6.72. The zero-order valence-corrected chi connectivity index (χ0v) is 13.8. The normalized spacial score (nSPS) is 18.1. The fourth-order valence-corrected chi connectivity index (χ4v) is 3.45. The zero-order valence-electron chi connectivity index (χ0n) is 13.8. The molecular weight excluding hydrogens is 319 g/mol. The third kappa shape index (κ3) is 2.59. The number of hydrogen-bond acceptors (Lipinski definition) is 5. The van der Waals surface area contributed by atoms with Crippen LogP contribution in [0.4, 0.5) is 15.9 Å². The van der Waals surface area contributed by atoms with Gasteiger partial charge in [0.05, 0.1) is 5.69 Å². The van der Waals surface area contributed by atoms with Crippen molar-refractivity contribution in [3.63, 3.8) is 0 Å². The highest BCUT2D eigenvalue weighted by Gasteiger charge is 2.29. The van der Waals surface area contributed by atoms with Gasteiger partial charge in [0.15, 0.2) is 11.5 Å². The van der Waals surface area contributed by atoms with Crippen molar-refractivity contribution < 1.29 is 4.39 Å². The highest BCUT2D eigenvalue weighted by molar-refractivity contribution is 5.51. The number of piperazine rings is 1. The first kappa shape index (κ1) is 14.6. The first-order chi connectivity index (χ1) is 12.3. The molecule has 2 aromatic heterocycles. The van der Waals surface area contributed by atoms with Crippen molar-refractivity contribution in [1.82, 2.24) is 19.8 Å². The highest BCUT2D eigenvalue weighted by Crippen LogP contribution is 2.38. The van der Waals surface area contributed by atoms with Gasteiger partial charge in [-0.1, -0.05) is 12.1 Å². The Morgan fingerprint density at radius 1 is 0.880 bits per heavy atom. The molecule has 3 heterocycles. The van der Waals surface area contributed by atoms with E-state index in [9.17, 15) is 4.39 Å². The molecule has 3 aromatic rings. The molecule has 0 atom stereocenters. The van der Waals surface area contributed by atoms with E-state index >= 15 is 0 Å². The molecule has 2 aliphatic rings. The van der Waals surface area contributed by atoms with E-state index in [0.717, 1.165) is 43.5 Å². The molecule has 25 heavy (non-hydrogen) atoms. The molecule has 0 radical (unpaired) electrons. The Bertz CT molecular complexity index is 911. The SMILES string of the molecule is Fc1ccccc1N1CCN(c2ccc3nnc(C4CC4)n3n2)CC1. The Labute approximate surface area is 144 Å². The Morgan fingerprint density at radius 3 is 2.40 bits per heavy atom. The lowest BCUT2D eigenvalue weighted by atomic mass is 10.2. The van der Waals surface area contributed by atoms with Crippen molar-refractivity contribution in [3.05, 3.63) is 48.0 Å². The van der Waals surface area contributed by atoms with Crippen molar-refractivity contribution in [2.24, 2.45) is 0 Å². The number of nitrogens with zero attached hydrogens (tertiary/aromatic N) is 6. The van der Waals surface area contributed by atoms with Crippen LogP contribution in [0.2, 0.25) is 0 Å². The largest absolute Gasteiger partial charge is 0.366 e. The van der Waals surface area contributed by atoms with Gasteiger partial charge in [-0.3, -0.25) is 0 Å². The quantitative estimate of drug-likeness (QED) is 0.734. The minimum absolute atomic E-state index is 0.158. The summed E-state index contributed by atoms with van der Waals surface area (Å²) in [5.74, 6) is 2.26. The van der Waals surface area contributed by atoms with E-state index < -0.39 is 0 Å². The maximum atomic E-state index is 14.0. The Hall–Kier alpha value is -2.70. The van der Waals surface area contributed by atoms with E-state index in [0.29, 0.717) is 11.6 Å². The number of aromatic nitrogens is 4. The molecule has 5 rings (SSSR count). The van der Waals surface area contributed by atoms with Crippen LogP contribution in [0, 0.1) is 5.82 Å². The minimum Gasteiger partial charge on any atom is -0.366 e. The first-order valence-corrected chi connectivity index (χ1v) is 8.76. The standard InChI is InChI=1S/C18H19FN6/c19-14-3-1-2-4-15(14)23-9-11-24(12-10-23)17-8-7-16-20-21-18(13-5-6-13)25(16)22-17/h1-4,7-8,13H,5-6,9-12H2. The van der Waals surface area contributed by atoms with Gasteiger partial charge in [0, 0.05) is 32.1 Å². The molecule has 1 saturated heterocycles. The van der Waals surface area contributed by atoms with E-state index in [4.69, 9.17) is 5.10 Å². The van der Waals surface area contributed by atoms with Crippen LogP contribution in [0.3, 0.4) is 0 Å². The monoisotopic (exact) mass is 338 g/mol. The number of anilines is 2. The van der Waals surface area contributed by atoms with Gasteiger partial charge in [-0.05, 0) is 37.1 Å². The summed E-state index contributed by atoms with van der Waals surface area (Å²) in [6.45, 7) is 3.18. The fraction of sp³-hybridized carbons (Fsp3) is 0.389. The molecule has 0 amide bonds.